The maximum Gasteiger partial charge on any atom is 0.178 e. The van der Waals surface area contributed by atoms with Crippen LogP contribution in [0, 0.1) is 11.8 Å². The summed E-state index contributed by atoms with van der Waals surface area (Å²) in [6.07, 6.45) is -0.143. The van der Waals surface area contributed by atoms with E-state index in [0.717, 1.165) is 11.3 Å². The molecule has 2 rings (SSSR count). The topological polar surface area (TPSA) is 52.6 Å². The maximum absolute atomic E-state index is 12.6. The first-order chi connectivity index (χ1) is 12.3. The van der Waals surface area contributed by atoms with Crippen LogP contribution in [0.2, 0.25) is 0 Å². The monoisotopic (exact) mass is 376 g/mol. The quantitative estimate of drug-likeness (QED) is 0.653. The highest BCUT2D eigenvalue weighted by molar-refractivity contribution is 7.91. The van der Waals surface area contributed by atoms with Crippen LogP contribution in [-0.2, 0) is 21.2 Å². The molecule has 2 aromatic rings. The van der Waals surface area contributed by atoms with Gasteiger partial charge in [0.1, 0.15) is 5.75 Å². The third-order valence-electron chi connectivity index (χ3n) is 4.40. The Morgan fingerprint density at radius 1 is 0.923 bits per heavy atom. The van der Waals surface area contributed by atoms with E-state index >= 15 is 0 Å². The molecule has 0 fully saturated rings. The third kappa shape index (κ3) is 5.58. The van der Waals surface area contributed by atoms with E-state index in [1.54, 1.807) is 31.4 Å². The molecule has 0 aliphatic heterocycles. The number of methoxy groups -OCH3 is 1. The smallest absolute Gasteiger partial charge is 0.178 e. The van der Waals surface area contributed by atoms with Crippen LogP contribution in [0.5, 0.6) is 5.75 Å². The van der Waals surface area contributed by atoms with Gasteiger partial charge in [-0.1, -0.05) is 51.1 Å². The Bertz CT molecular complexity index is 767. The van der Waals surface area contributed by atoms with Gasteiger partial charge in [-0.2, -0.15) is 0 Å². The van der Waals surface area contributed by atoms with E-state index in [4.69, 9.17) is 9.47 Å². The fourth-order valence-corrected chi connectivity index (χ4v) is 4.74. The molecule has 5 heteroatoms. The van der Waals surface area contributed by atoms with Crippen LogP contribution in [0.3, 0.4) is 0 Å². The maximum atomic E-state index is 12.6. The zero-order valence-corrected chi connectivity index (χ0v) is 16.7. The van der Waals surface area contributed by atoms with Crippen molar-refractivity contribution in [2.75, 3.05) is 12.9 Å². The van der Waals surface area contributed by atoms with Gasteiger partial charge in [0.15, 0.2) is 9.84 Å². The fourth-order valence-electron chi connectivity index (χ4n) is 3.09. The van der Waals surface area contributed by atoms with Crippen LogP contribution in [0.15, 0.2) is 59.5 Å². The Hall–Kier alpha value is -1.85. The van der Waals surface area contributed by atoms with E-state index in [1.165, 1.54) is 0 Å². The second kappa shape index (κ2) is 9.19. The van der Waals surface area contributed by atoms with E-state index in [0.29, 0.717) is 11.5 Å². The van der Waals surface area contributed by atoms with E-state index in [1.807, 2.05) is 37.3 Å². The SMILES string of the molecule is COc1ccc(CO[C@@H](C(C)C)[C@@H](C)CS(=O)(=O)c2ccccc2)cc1. The van der Waals surface area contributed by atoms with Crippen LogP contribution in [-0.4, -0.2) is 27.4 Å². The highest BCUT2D eigenvalue weighted by Crippen LogP contribution is 2.23. The van der Waals surface area contributed by atoms with Gasteiger partial charge >= 0.3 is 0 Å². The predicted molar refractivity (Wildman–Crippen MR) is 104 cm³/mol. The van der Waals surface area contributed by atoms with Gasteiger partial charge in [0.25, 0.3) is 0 Å². The first kappa shape index (κ1) is 20.5. The van der Waals surface area contributed by atoms with Crippen molar-refractivity contribution in [3.05, 3.63) is 60.2 Å². The zero-order valence-electron chi connectivity index (χ0n) is 15.9. The number of ether oxygens (including phenoxy) is 2. The number of benzene rings is 2. The number of rotatable bonds is 9. The molecule has 0 amide bonds. The minimum absolute atomic E-state index is 0.0719. The van der Waals surface area contributed by atoms with E-state index in [2.05, 4.69) is 13.8 Å². The van der Waals surface area contributed by atoms with Crippen molar-refractivity contribution in [3.63, 3.8) is 0 Å². The predicted octanol–water partition coefficient (Wildman–Crippen LogP) is 4.35. The highest BCUT2D eigenvalue weighted by Gasteiger charge is 2.27. The molecule has 0 bridgehead atoms. The lowest BCUT2D eigenvalue weighted by molar-refractivity contribution is -0.0179. The van der Waals surface area contributed by atoms with Gasteiger partial charge in [-0.15, -0.1) is 0 Å². The van der Waals surface area contributed by atoms with Gasteiger partial charge in [-0.3, -0.25) is 0 Å². The Balaban J connectivity index is 2.03. The van der Waals surface area contributed by atoms with Crippen LogP contribution < -0.4 is 4.74 Å². The molecule has 0 aliphatic carbocycles. The molecule has 2 aromatic carbocycles. The van der Waals surface area contributed by atoms with Crippen LogP contribution >= 0.6 is 0 Å². The Morgan fingerprint density at radius 2 is 1.54 bits per heavy atom. The summed E-state index contributed by atoms with van der Waals surface area (Å²) >= 11 is 0. The summed E-state index contributed by atoms with van der Waals surface area (Å²) < 4.78 is 36.6. The Morgan fingerprint density at radius 3 is 2.08 bits per heavy atom. The molecule has 2 atom stereocenters. The van der Waals surface area contributed by atoms with Crippen molar-refractivity contribution in [1.82, 2.24) is 0 Å². The minimum Gasteiger partial charge on any atom is -0.497 e. The average molecular weight is 377 g/mol. The number of hydrogen-bond donors (Lipinski definition) is 0. The molecule has 0 spiro atoms. The molecule has 0 N–H and O–H groups in total. The van der Waals surface area contributed by atoms with E-state index < -0.39 is 9.84 Å². The zero-order chi connectivity index (χ0) is 19.2. The van der Waals surface area contributed by atoms with E-state index in [-0.39, 0.29) is 23.7 Å². The Labute approximate surface area is 157 Å². The highest BCUT2D eigenvalue weighted by atomic mass is 32.2. The number of sulfone groups is 1. The van der Waals surface area contributed by atoms with Gasteiger partial charge in [0, 0.05) is 0 Å². The number of hydrogen-bond acceptors (Lipinski definition) is 4. The van der Waals surface area contributed by atoms with Crippen molar-refractivity contribution < 1.29 is 17.9 Å². The van der Waals surface area contributed by atoms with Gasteiger partial charge in [0.2, 0.25) is 0 Å². The minimum atomic E-state index is -3.33. The van der Waals surface area contributed by atoms with Gasteiger partial charge in [0.05, 0.1) is 30.5 Å². The Kier molecular flexibility index (Phi) is 7.23. The largest absolute Gasteiger partial charge is 0.497 e. The molecular weight excluding hydrogens is 348 g/mol. The molecule has 0 aliphatic rings. The standard InChI is InChI=1S/C21H28O4S/c1-16(2)21(25-14-18-10-12-19(24-4)13-11-18)17(3)15-26(22,23)20-8-6-5-7-9-20/h5-13,16-17,21H,14-15H2,1-4H3/t17-,21-/m0/s1. The molecule has 26 heavy (non-hydrogen) atoms. The van der Waals surface area contributed by atoms with Gasteiger partial charge in [-0.25, -0.2) is 8.42 Å². The molecular formula is C21H28O4S. The van der Waals surface area contributed by atoms with Gasteiger partial charge < -0.3 is 9.47 Å². The lowest BCUT2D eigenvalue weighted by atomic mass is 9.96. The van der Waals surface area contributed by atoms with Crippen LogP contribution in [0.25, 0.3) is 0 Å². The lowest BCUT2D eigenvalue weighted by Crippen LogP contribution is -2.32. The molecule has 0 saturated heterocycles. The lowest BCUT2D eigenvalue weighted by Gasteiger charge is -2.28. The van der Waals surface area contributed by atoms with Crippen molar-refractivity contribution in [1.29, 1.82) is 0 Å². The van der Waals surface area contributed by atoms with Crippen molar-refractivity contribution in [2.24, 2.45) is 11.8 Å². The molecule has 0 heterocycles. The van der Waals surface area contributed by atoms with Crippen molar-refractivity contribution >= 4 is 9.84 Å². The van der Waals surface area contributed by atoms with Crippen molar-refractivity contribution in [2.45, 2.75) is 38.4 Å². The average Bonchev–Trinajstić information content (AvgIpc) is 2.62. The summed E-state index contributed by atoms with van der Waals surface area (Å²) in [7, 11) is -1.69. The van der Waals surface area contributed by atoms with Crippen molar-refractivity contribution in [3.8, 4) is 5.75 Å². The molecule has 0 unspecified atom stereocenters. The summed E-state index contributed by atoms with van der Waals surface area (Å²) in [6, 6.07) is 16.3. The molecule has 142 valence electrons. The fraction of sp³-hybridized carbons (Fsp3) is 0.429. The summed E-state index contributed by atoms with van der Waals surface area (Å²) in [4.78, 5) is 0.365. The van der Waals surface area contributed by atoms with E-state index in [9.17, 15) is 8.42 Å². The first-order valence-corrected chi connectivity index (χ1v) is 10.5. The summed E-state index contributed by atoms with van der Waals surface area (Å²) in [5, 5.41) is 0. The normalized spacial score (nSPS) is 14.2. The van der Waals surface area contributed by atoms with Crippen LogP contribution in [0.1, 0.15) is 26.3 Å². The molecule has 0 aromatic heterocycles. The second-order valence-corrected chi connectivity index (χ2v) is 8.97. The first-order valence-electron chi connectivity index (χ1n) is 8.86. The van der Waals surface area contributed by atoms with Crippen LogP contribution in [0.4, 0.5) is 0 Å². The third-order valence-corrected chi connectivity index (χ3v) is 6.36. The molecule has 0 saturated carbocycles. The summed E-state index contributed by atoms with van der Waals surface area (Å²) in [5.74, 6) is 0.979. The second-order valence-electron chi connectivity index (χ2n) is 6.94. The summed E-state index contributed by atoms with van der Waals surface area (Å²) in [6.45, 7) is 6.51. The summed E-state index contributed by atoms with van der Waals surface area (Å²) in [5.41, 5.74) is 1.04. The molecule has 0 radical (unpaired) electrons. The van der Waals surface area contributed by atoms with Gasteiger partial charge in [-0.05, 0) is 41.7 Å². The molecule has 4 nitrogen and oxygen atoms in total.